The summed E-state index contributed by atoms with van der Waals surface area (Å²) < 4.78 is 0. The van der Waals surface area contributed by atoms with Crippen LogP contribution in [-0.2, 0) is 0 Å². The van der Waals surface area contributed by atoms with Gasteiger partial charge in [-0.2, -0.15) is 0 Å². The quantitative estimate of drug-likeness (QED) is 0.401. The molecule has 0 aliphatic rings. The van der Waals surface area contributed by atoms with Crippen molar-refractivity contribution in [1.82, 2.24) is 4.90 Å². The third kappa shape index (κ3) is 3.90. The number of rotatable bonds is 6. The van der Waals surface area contributed by atoms with Crippen molar-refractivity contribution in [3.8, 4) is 0 Å². The van der Waals surface area contributed by atoms with Crippen LogP contribution in [-0.4, -0.2) is 40.5 Å². The molecule has 8 heteroatoms. The fourth-order valence-corrected chi connectivity index (χ4v) is 1.65. The molecular formula is C12H18N4O4. The number of hydrogen-bond donors (Lipinski definition) is 3. The maximum absolute atomic E-state index is 12.1. The monoisotopic (exact) mass is 282 g/mol. The van der Waals surface area contributed by atoms with Crippen LogP contribution in [0.3, 0.4) is 0 Å². The van der Waals surface area contributed by atoms with Crippen LogP contribution in [0.1, 0.15) is 23.7 Å². The highest BCUT2D eigenvalue weighted by atomic mass is 16.6. The molecule has 110 valence electrons. The van der Waals surface area contributed by atoms with E-state index in [-0.39, 0.29) is 22.8 Å². The van der Waals surface area contributed by atoms with Gasteiger partial charge in [0.25, 0.3) is 11.6 Å². The summed E-state index contributed by atoms with van der Waals surface area (Å²) >= 11 is 0. The number of anilines is 1. The molecule has 1 aromatic rings. The molecule has 0 saturated carbocycles. The van der Waals surface area contributed by atoms with Crippen molar-refractivity contribution in [1.29, 1.82) is 0 Å². The average Bonchev–Trinajstić information content (AvgIpc) is 2.42. The zero-order chi connectivity index (χ0) is 15.3. The number of carbonyl (C=O) groups is 1. The molecule has 0 bridgehead atoms. The highest BCUT2D eigenvalue weighted by Gasteiger charge is 2.18. The number of amides is 1. The Morgan fingerprint density at radius 1 is 1.60 bits per heavy atom. The Morgan fingerprint density at radius 3 is 2.75 bits per heavy atom. The van der Waals surface area contributed by atoms with Gasteiger partial charge in [-0.15, -0.1) is 0 Å². The average molecular weight is 282 g/mol. The van der Waals surface area contributed by atoms with Crippen molar-refractivity contribution < 1.29 is 14.8 Å². The van der Waals surface area contributed by atoms with Gasteiger partial charge in [0.2, 0.25) is 0 Å². The molecule has 1 amide bonds. The van der Waals surface area contributed by atoms with Gasteiger partial charge in [0.05, 0.1) is 11.0 Å². The van der Waals surface area contributed by atoms with E-state index in [1.807, 2.05) is 0 Å². The van der Waals surface area contributed by atoms with Crippen molar-refractivity contribution in [2.24, 2.45) is 5.84 Å². The standard InChI is InChI=1S/C12H18N4O4/c1-8(17)5-6-15(2)12(18)9-3-4-11(16(19)20)10(7-9)14-13/h3-4,7-8,14,17H,5-6,13H2,1-2H3. The van der Waals surface area contributed by atoms with Crippen LogP contribution in [0.25, 0.3) is 0 Å². The second-order valence-electron chi connectivity index (χ2n) is 4.50. The van der Waals surface area contributed by atoms with Gasteiger partial charge in [-0.1, -0.05) is 0 Å². The second-order valence-corrected chi connectivity index (χ2v) is 4.50. The van der Waals surface area contributed by atoms with E-state index in [0.29, 0.717) is 13.0 Å². The smallest absolute Gasteiger partial charge is 0.293 e. The highest BCUT2D eigenvalue weighted by Crippen LogP contribution is 2.24. The third-order valence-corrected chi connectivity index (χ3v) is 2.82. The molecule has 0 radical (unpaired) electrons. The molecule has 0 aliphatic heterocycles. The van der Waals surface area contributed by atoms with E-state index in [9.17, 15) is 20.0 Å². The SMILES string of the molecule is CC(O)CCN(C)C(=O)c1ccc([N+](=O)[O-])c(NN)c1. The number of benzene rings is 1. The molecule has 0 aromatic heterocycles. The first kappa shape index (κ1) is 15.9. The molecule has 0 heterocycles. The van der Waals surface area contributed by atoms with Crippen molar-refractivity contribution >= 4 is 17.3 Å². The van der Waals surface area contributed by atoms with E-state index < -0.39 is 11.0 Å². The molecule has 1 aromatic carbocycles. The van der Waals surface area contributed by atoms with Crippen LogP contribution in [0, 0.1) is 10.1 Å². The summed E-state index contributed by atoms with van der Waals surface area (Å²) in [4.78, 5) is 23.7. The van der Waals surface area contributed by atoms with Crippen LogP contribution >= 0.6 is 0 Å². The van der Waals surface area contributed by atoms with Gasteiger partial charge in [-0.05, 0) is 25.5 Å². The highest BCUT2D eigenvalue weighted by molar-refractivity contribution is 5.95. The number of hydrogen-bond acceptors (Lipinski definition) is 6. The van der Waals surface area contributed by atoms with E-state index >= 15 is 0 Å². The predicted molar refractivity (Wildman–Crippen MR) is 74.2 cm³/mol. The number of aliphatic hydroxyl groups excluding tert-OH is 1. The minimum Gasteiger partial charge on any atom is -0.393 e. The minimum absolute atomic E-state index is 0.0739. The van der Waals surface area contributed by atoms with Gasteiger partial charge in [-0.3, -0.25) is 20.8 Å². The number of nitrogens with one attached hydrogen (secondary N) is 1. The lowest BCUT2D eigenvalue weighted by molar-refractivity contribution is -0.384. The Morgan fingerprint density at radius 2 is 2.25 bits per heavy atom. The van der Waals surface area contributed by atoms with Crippen LogP contribution in [0.15, 0.2) is 18.2 Å². The van der Waals surface area contributed by atoms with Crippen LogP contribution in [0.4, 0.5) is 11.4 Å². The zero-order valence-corrected chi connectivity index (χ0v) is 11.4. The molecule has 0 spiro atoms. The normalized spacial score (nSPS) is 11.8. The third-order valence-electron chi connectivity index (χ3n) is 2.82. The molecule has 20 heavy (non-hydrogen) atoms. The summed E-state index contributed by atoms with van der Waals surface area (Å²) in [5.41, 5.74) is 2.37. The molecular weight excluding hydrogens is 264 g/mol. The number of nitrogens with zero attached hydrogens (tertiary/aromatic N) is 2. The number of nitro groups is 1. The number of nitrogen functional groups attached to an aromatic ring is 1. The summed E-state index contributed by atoms with van der Waals surface area (Å²) in [5.74, 6) is 4.93. The van der Waals surface area contributed by atoms with Gasteiger partial charge in [0, 0.05) is 25.2 Å². The van der Waals surface area contributed by atoms with E-state index in [4.69, 9.17) is 5.84 Å². The molecule has 1 unspecified atom stereocenters. The Labute approximate surface area is 116 Å². The number of nitro benzene ring substituents is 1. The Kier molecular flexibility index (Phi) is 5.42. The van der Waals surface area contributed by atoms with Gasteiger partial charge in [0.15, 0.2) is 0 Å². The van der Waals surface area contributed by atoms with Gasteiger partial charge in [0.1, 0.15) is 5.69 Å². The molecule has 8 nitrogen and oxygen atoms in total. The zero-order valence-electron chi connectivity index (χ0n) is 11.4. The fourth-order valence-electron chi connectivity index (χ4n) is 1.65. The van der Waals surface area contributed by atoms with Crippen LogP contribution in [0.2, 0.25) is 0 Å². The van der Waals surface area contributed by atoms with Crippen molar-refractivity contribution in [3.63, 3.8) is 0 Å². The second kappa shape index (κ2) is 6.83. The van der Waals surface area contributed by atoms with Crippen LogP contribution in [0.5, 0.6) is 0 Å². The first-order valence-corrected chi connectivity index (χ1v) is 6.05. The van der Waals surface area contributed by atoms with Crippen molar-refractivity contribution in [2.45, 2.75) is 19.4 Å². The molecule has 0 saturated heterocycles. The summed E-state index contributed by atoms with van der Waals surface area (Å²) in [6, 6.07) is 3.93. The number of carbonyl (C=O) groups excluding carboxylic acids is 1. The molecule has 0 fully saturated rings. The Balaban J connectivity index is 2.91. The Hall–Kier alpha value is -2.19. The summed E-state index contributed by atoms with van der Waals surface area (Å²) in [6.45, 7) is 2.03. The molecule has 1 atom stereocenters. The lowest BCUT2D eigenvalue weighted by Gasteiger charge is -2.18. The largest absolute Gasteiger partial charge is 0.393 e. The first-order valence-electron chi connectivity index (χ1n) is 6.05. The molecule has 4 N–H and O–H groups in total. The molecule has 1 rings (SSSR count). The van der Waals surface area contributed by atoms with Crippen molar-refractivity contribution in [3.05, 3.63) is 33.9 Å². The van der Waals surface area contributed by atoms with Gasteiger partial charge >= 0.3 is 0 Å². The van der Waals surface area contributed by atoms with E-state index in [1.165, 1.54) is 23.1 Å². The summed E-state index contributed by atoms with van der Waals surface area (Å²) in [7, 11) is 1.60. The topological polar surface area (TPSA) is 122 Å². The maximum Gasteiger partial charge on any atom is 0.293 e. The lowest BCUT2D eigenvalue weighted by atomic mass is 10.1. The number of nitrogens with two attached hydrogens (primary N) is 1. The predicted octanol–water partition coefficient (Wildman–Crippen LogP) is 0.723. The molecule has 0 aliphatic carbocycles. The van der Waals surface area contributed by atoms with E-state index in [0.717, 1.165) is 0 Å². The van der Waals surface area contributed by atoms with Crippen LogP contribution < -0.4 is 11.3 Å². The van der Waals surface area contributed by atoms with Crippen molar-refractivity contribution in [2.75, 3.05) is 19.0 Å². The number of hydrazine groups is 1. The lowest BCUT2D eigenvalue weighted by Crippen LogP contribution is -2.29. The maximum atomic E-state index is 12.1. The summed E-state index contributed by atoms with van der Waals surface area (Å²) in [5, 5.41) is 20.0. The van der Waals surface area contributed by atoms with Gasteiger partial charge in [-0.25, -0.2) is 0 Å². The summed E-state index contributed by atoms with van der Waals surface area (Å²) in [6.07, 6.45) is -0.0413. The van der Waals surface area contributed by atoms with E-state index in [2.05, 4.69) is 5.43 Å². The fraction of sp³-hybridized carbons (Fsp3) is 0.417. The van der Waals surface area contributed by atoms with Gasteiger partial charge < -0.3 is 15.4 Å². The minimum atomic E-state index is -0.583. The number of aliphatic hydroxyl groups is 1. The Bertz CT molecular complexity index is 504. The first-order chi connectivity index (χ1) is 9.36. The van der Waals surface area contributed by atoms with E-state index in [1.54, 1.807) is 14.0 Å².